The zero-order valence-corrected chi connectivity index (χ0v) is 13.6. The van der Waals surface area contributed by atoms with Crippen molar-refractivity contribution in [3.63, 3.8) is 0 Å². The fraction of sp³-hybridized carbons (Fsp3) is 0.421. The Labute approximate surface area is 140 Å². The second-order valence-corrected chi connectivity index (χ2v) is 6.39. The van der Waals surface area contributed by atoms with E-state index in [2.05, 4.69) is 16.9 Å². The summed E-state index contributed by atoms with van der Waals surface area (Å²) in [5.41, 5.74) is 0.746. The fourth-order valence-electron chi connectivity index (χ4n) is 3.41. The van der Waals surface area contributed by atoms with Gasteiger partial charge in [-0.05, 0) is 55.2 Å². The van der Waals surface area contributed by atoms with E-state index in [4.69, 9.17) is 5.26 Å². The van der Waals surface area contributed by atoms with Gasteiger partial charge in [-0.1, -0.05) is 13.3 Å². The van der Waals surface area contributed by atoms with Crippen molar-refractivity contribution < 1.29 is 8.78 Å². The maximum atomic E-state index is 13.7. The lowest BCUT2D eigenvalue weighted by Crippen LogP contribution is -2.13. The third kappa shape index (κ3) is 3.28. The van der Waals surface area contributed by atoms with Crippen LogP contribution in [0.15, 0.2) is 24.5 Å². The van der Waals surface area contributed by atoms with Gasteiger partial charge in [0, 0.05) is 18.0 Å². The van der Waals surface area contributed by atoms with Crippen LogP contribution in [0.25, 0.3) is 11.4 Å². The molecule has 1 aromatic carbocycles. The van der Waals surface area contributed by atoms with Gasteiger partial charge in [0.2, 0.25) is 0 Å². The first-order chi connectivity index (χ1) is 11.6. The Bertz CT molecular complexity index is 734. The van der Waals surface area contributed by atoms with Crippen LogP contribution in [-0.4, -0.2) is 9.97 Å². The summed E-state index contributed by atoms with van der Waals surface area (Å²) >= 11 is 0. The predicted octanol–water partition coefficient (Wildman–Crippen LogP) is 4.98. The van der Waals surface area contributed by atoms with Crippen LogP contribution in [0.4, 0.5) is 8.78 Å². The molecule has 0 radical (unpaired) electrons. The number of halogens is 2. The monoisotopic (exact) mass is 327 g/mol. The summed E-state index contributed by atoms with van der Waals surface area (Å²) in [5.74, 6) is -0.221. The first kappa shape index (κ1) is 16.5. The van der Waals surface area contributed by atoms with E-state index in [0.29, 0.717) is 5.92 Å². The zero-order chi connectivity index (χ0) is 17.1. The summed E-state index contributed by atoms with van der Waals surface area (Å²) < 4.78 is 27.4. The summed E-state index contributed by atoms with van der Waals surface area (Å²) in [6, 6.07) is 3.71. The van der Waals surface area contributed by atoms with Gasteiger partial charge in [0.05, 0.1) is 0 Å². The molecule has 1 aromatic heterocycles. The molecule has 5 heteroatoms. The summed E-state index contributed by atoms with van der Waals surface area (Å²) in [4.78, 5) is 8.55. The van der Waals surface area contributed by atoms with E-state index >= 15 is 0 Å². The molecule has 3 rings (SSSR count). The molecule has 1 saturated carbocycles. The molecule has 124 valence electrons. The maximum Gasteiger partial charge on any atom is 0.159 e. The average molecular weight is 327 g/mol. The Morgan fingerprint density at radius 1 is 1.08 bits per heavy atom. The van der Waals surface area contributed by atoms with Gasteiger partial charge in [-0.15, -0.1) is 0 Å². The number of hydrogen-bond acceptors (Lipinski definition) is 3. The van der Waals surface area contributed by atoms with Gasteiger partial charge >= 0.3 is 0 Å². The zero-order valence-electron chi connectivity index (χ0n) is 13.6. The molecular weight excluding hydrogens is 308 g/mol. The van der Waals surface area contributed by atoms with E-state index < -0.39 is 17.2 Å². The molecule has 0 N–H and O–H groups in total. The van der Waals surface area contributed by atoms with E-state index in [1.54, 1.807) is 12.4 Å². The molecule has 1 heterocycles. The summed E-state index contributed by atoms with van der Waals surface area (Å²) in [7, 11) is 0. The number of nitriles is 1. The number of nitrogens with zero attached hydrogens (tertiary/aromatic N) is 3. The molecule has 0 atom stereocenters. The van der Waals surface area contributed by atoms with E-state index in [1.165, 1.54) is 25.3 Å². The first-order valence-corrected chi connectivity index (χ1v) is 8.33. The largest absolute Gasteiger partial charge is 0.236 e. The van der Waals surface area contributed by atoms with E-state index in [9.17, 15) is 8.78 Å². The molecule has 0 saturated heterocycles. The Kier molecular flexibility index (Phi) is 4.84. The maximum absolute atomic E-state index is 13.7. The van der Waals surface area contributed by atoms with Crippen molar-refractivity contribution in [2.24, 2.45) is 5.92 Å². The molecule has 24 heavy (non-hydrogen) atoms. The van der Waals surface area contributed by atoms with Crippen molar-refractivity contribution in [2.45, 2.75) is 44.9 Å². The minimum Gasteiger partial charge on any atom is -0.236 e. The molecule has 3 nitrogen and oxygen atoms in total. The van der Waals surface area contributed by atoms with Crippen LogP contribution in [0.1, 0.15) is 56.1 Å². The molecule has 1 aliphatic rings. The van der Waals surface area contributed by atoms with Crippen LogP contribution in [0.5, 0.6) is 0 Å². The van der Waals surface area contributed by atoms with Crippen molar-refractivity contribution in [2.75, 3.05) is 0 Å². The van der Waals surface area contributed by atoms with Gasteiger partial charge in [0.25, 0.3) is 0 Å². The van der Waals surface area contributed by atoms with Crippen molar-refractivity contribution in [1.29, 1.82) is 5.26 Å². The highest BCUT2D eigenvalue weighted by Gasteiger charge is 2.22. The van der Waals surface area contributed by atoms with Gasteiger partial charge in [-0.2, -0.15) is 5.26 Å². The number of aromatic nitrogens is 2. The predicted molar refractivity (Wildman–Crippen MR) is 87.1 cm³/mol. The quantitative estimate of drug-likeness (QED) is 0.799. The highest BCUT2D eigenvalue weighted by molar-refractivity contribution is 5.57. The second kappa shape index (κ2) is 7.04. The molecule has 0 unspecified atom stereocenters. The minimum atomic E-state index is -0.891. The van der Waals surface area contributed by atoms with Gasteiger partial charge in [0.15, 0.2) is 5.82 Å². The lowest BCUT2D eigenvalue weighted by atomic mass is 9.78. The van der Waals surface area contributed by atoms with Crippen molar-refractivity contribution in [1.82, 2.24) is 9.97 Å². The van der Waals surface area contributed by atoms with Crippen LogP contribution in [0.3, 0.4) is 0 Å². The van der Waals surface area contributed by atoms with Crippen LogP contribution in [0, 0.1) is 28.9 Å². The van der Waals surface area contributed by atoms with Gasteiger partial charge in [-0.3, -0.25) is 0 Å². The lowest BCUT2D eigenvalue weighted by Gasteiger charge is -2.27. The third-order valence-electron chi connectivity index (χ3n) is 4.98. The van der Waals surface area contributed by atoms with Crippen molar-refractivity contribution >= 4 is 0 Å². The molecule has 0 bridgehead atoms. The summed E-state index contributed by atoms with van der Waals surface area (Å²) in [6.45, 7) is 2.23. The average Bonchev–Trinajstić information content (AvgIpc) is 2.62. The smallest absolute Gasteiger partial charge is 0.159 e. The highest BCUT2D eigenvalue weighted by Crippen LogP contribution is 2.36. The van der Waals surface area contributed by atoms with Gasteiger partial charge in [0.1, 0.15) is 23.3 Å². The molecule has 1 aliphatic carbocycles. The summed E-state index contributed by atoms with van der Waals surface area (Å²) in [6.07, 6.45) is 9.49. The Hall–Kier alpha value is -2.35. The Morgan fingerprint density at radius 2 is 1.67 bits per heavy atom. The third-order valence-corrected chi connectivity index (χ3v) is 4.98. The van der Waals surface area contributed by atoms with E-state index in [1.807, 2.05) is 0 Å². The number of benzene rings is 1. The minimum absolute atomic E-state index is 0.241. The summed E-state index contributed by atoms with van der Waals surface area (Å²) in [5, 5.41) is 8.72. The molecule has 0 aliphatic heterocycles. The van der Waals surface area contributed by atoms with Crippen LogP contribution < -0.4 is 0 Å². The second-order valence-electron chi connectivity index (χ2n) is 6.39. The van der Waals surface area contributed by atoms with Gasteiger partial charge < -0.3 is 0 Å². The Balaban J connectivity index is 1.79. The van der Waals surface area contributed by atoms with Gasteiger partial charge in [-0.25, -0.2) is 18.7 Å². The fourth-order valence-corrected chi connectivity index (χ4v) is 3.41. The normalized spacial score (nSPS) is 20.6. The van der Waals surface area contributed by atoms with Crippen LogP contribution >= 0.6 is 0 Å². The molecule has 0 spiro atoms. The van der Waals surface area contributed by atoms with E-state index in [-0.39, 0.29) is 11.4 Å². The van der Waals surface area contributed by atoms with Crippen LogP contribution in [0.2, 0.25) is 0 Å². The van der Waals surface area contributed by atoms with E-state index in [0.717, 1.165) is 36.5 Å². The molecule has 1 fully saturated rings. The molecular formula is C19H19F2N3. The van der Waals surface area contributed by atoms with Crippen LogP contribution in [-0.2, 0) is 0 Å². The standard InChI is InChI=1S/C19H19F2N3/c1-2-12-3-5-13(6-4-12)15-10-23-19(24-11-15)14-7-17(20)16(9-22)18(21)8-14/h7-8,10-13H,2-6H2,1H3/t12-,13-. The number of rotatable bonds is 3. The molecule has 0 amide bonds. The Morgan fingerprint density at radius 3 is 2.17 bits per heavy atom. The lowest BCUT2D eigenvalue weighted by molar-refractivity contribution is 0.318. The SMILES string of the molecule is CC[C@H]1CC[C@H](c2cnc(-c3cc(F)c(C#N)c(F)c3)nc2)CC1. The topological polar surface area (TPSA) is 49.6 Å². The first-order valence-electron chi connectivity index (χ1n) is 8.33. The number of hydrogen-bond donors (Lipinski definition) is 0. The van der Waals surface area contributed by atoms with Crippen molar-refractivity contribution in [3.05, 3.63) is 47.3 Å². The molecule has 2 aromatic rings. The highest BCUT2D eigenvalue weighted by atomic mass is 19.1. The van der Waals surface area contributed by atoms with Crippen molar-refractivity contribution in [3.8, 4) is 17.5 Å².